The number of ether oxygens (including phenoxy) is 2. The lowest BCUT2D eigenvalue weighted by Gasteiger charge is -2.27. The molecule has 2 rings (SSSR count). The van der Waals surface area contributed by atoms with Crippen LogP contribution in [0.15, 0.2) is 18.2 Å². The van der Waals surface area contributed by atoms with Gasteiger partial charge in [0.25, 0.3) is 0 Å². The standard InChI is InChI=1S/C14H21FN2O2/c1-17(7-5-12-10-16-6-8-19-12)13-9-11(15)3-4-14(13)18-2/h3-4,9,12,16H,5-8,10H2,1-2H3. The second-order valence-corrected chi connectivity index (χ2v) is 4.72. The molecule has 1 unspecified atom stereocenters. The lowest BCUT2D eigenvalue weighted by Crippen LogP contribution is -2.40. The van der Waals surface area contributed by atoms with E-state index in [1.807, 2.05) is 11.9 Å². The molecule has 1 aromatic carbocycles. The monoisotopic (exact) mass is 268 g/mol. The summed E-state index contributed by atoms with van der Waals surface area (Å²) in [7, 11) is 3.53. The minimum absolute atomic E-state index is 0.232. The minimum atomic E-state index is -0.252. The van der Waals surface area contributed by atoms with E-state index in [-0.39, 0.29) is 11.9 Å². The molecule has 19 heavy (non-hydrogen) atoms. The first-order valence-corrected chi connectivity index (χ1v) is 6.57. The smallest absolute Gasteiger partial charge is 0.142 e. The first kappa shape index (κ1) is 14.1. The molecule has 1 heterocycles. The summed E-state index contributed by atoms with van der Waals surface area (Å²) >= 11 is 0. The van der Waals surface area contributed by atoms with Crippen LogP contribution in [0.1, 0.15) is 6.42 Å². The molecule has 0 radical (unpaired) electrons. The number of nitrogens with zero attached hydrogens (tertiary/aromatic N) is 1. The molecular formula is C14H21FN2O2. The van der Waals surface area contributed by atoms with Crippen molar-refractivity contribution < 1.29 is 13.9 Å². The third kappa shape index (κ3) is 3.81. The molecule has 0 aromatic heterocycles. The van der Waals surface area contributed by atoms with Gasteiger partial charge >= 0.3 is 0 Å². The highest BCUT2D eigenvalue weighted by Gasteiger charge is 2.15. The summed E-state index contributed by atoms with van der Waals surface area (Å²) in [6.07, 6.45) is 1.14. The number of methoxy groups -OCH3 is 1. The van der Waals surface area contributed by atoms with Gasteiger partial charge < -0.3 is 19.7 Å². The fourth-order valence-corrected chi connectivity index (χ4v) is 2.22. The van der Waals surface area contributed by atoms with Gasteiger partial charge in [0, 0.05) is 32.7 Å². The maximum atomic E-state index is 13.3. The summed E-state index contributed by atoms with van der Waals surface area (Å²) in [6.45, 7) is 3.36. The molecule has 1 atom stereocenters. The van der Waals surface area contributed by atoms with E-state index in [4.69, 9.17) is 9.47 Å². The Balaban J connectivity index is 1.94. The van der Waals surface area contributed by atoms with Gasteiger partial charge in [0.1, 0.15) is 11.6 Å². The van der Waals surface area contributed by atoms with Crippen LogP contribution in [-0.4, -0.2) is 46.5 Å². The van der Waals surface area contributed by atoms with Gasteiger partial charge in [-0.1, -0.05) is 0 Å². The van der Waals surface area contributed by atoms with E-state index in [0.29, 0.717) is 5.75 Å². The first-order chi connectivity index (χ1) is 9.20. The molecule has 1 saturated heterocycles. The van der Waals surface area contributed by atoms with Crippen molar-refractivity contribution in [2.45, 2.75) is 12.5 Å². The zero-order chi connectivity index (χ0) is 13.7. The Bertz CT molecular complexity index is 408. The third-order valence-electron chi connectivity index (χ3n) is 3.34. The maximum Gasteiger partial charge on any atom is 0.142 e. The van der Waals surface area contributed by atoms with Crippen LogP contribution in [-0.2, 0) is 4.74 Å². The third-order valence-corrected chi connectivity index (χ3v) is 3.34. The van der Waals surface area contributed by atoms with E-state index in [1.165, 1.54) is 12.1 Å². The highest BCUT2D eigenvalue weighted by molar-refractivity contribution is 5.58. The maximum absolute atomic E-state index is 13.3. The van der Waals surface area contributed by atoms with Gasteiger partial charge in [-0.25, -0.2) is 4.39 Å². The summed E-state index contributed by atoms with van der Waals surface area (Å²) in [5.41, 5.74) is 0.770. The Morgan fingerprint density at radius 2 is 2.37 bits per heavy atom. The number of benzene rings is 1. The van der Waals surface area contributed by atoms with E-state index in [9.17, 15) is 4.39 Å². The highest BCUT2D eigenvalue weighted by atomic mass is 19.1. The van der Waals surface area contributed by atoms with E-state index in [1.54, 1.807) is 13.2 Å². The molecule has 1 aromatic rings. The zero-order valence-electron chi connectivity index (χ0n) is 11.5. The lowest BCUT2D eigenvalue weighted by atomic mass is 10.2. The summed E-state index contributed by atoms with van der Waals surface area (Å²) in [4.78, 5) is 2.00. The van der Waals surface area contributed by atoms with Crippen LogP contribution >= 0.6 is 0 Å². The molecule has 1 N–H and O–H groups in total. The van der Waals surface area contributed by atoms with Crippen LogP contribution < -0.4 is 15.0 Å². The highest BCUT2D eigenvalue weighted by Crippen LogP contribution is 2.28. The fourth-order valence-electron chi connectivity index (χ4n) is 2.22. The largest absolute Gasteiger partial charge is 0.495 e. The number of hydrogen-bond acceptors (Lipinski definition) is 4. The van der Waals surface area contributed by atoms with Crippen molar-refractivity contribution in [1.29, 1.82) is 0 Å². The van der Waals surface area contributed by atoms with Crippen LogP contribution in [0.2, 0.25) is 0 Å². The van der Waals surface area contributed by atoms with E-state index in [2.05, 4.69) is 5.32 Å². The van der Waals surface area contributed by atoms with Crippen molar-refractivity contribution >= 4 is 5.69 Å². The van der Waals surface area contributed by atoms with Crippen molar-refractivity contribution in [3.8, 4) is 5.75 Å². The topological polar surface area (TPSA) is 33.7 Å². The minimum Gasteiger partial charge on any atom is -0.495 e. The summed E-state index contributed by atoms with van der Waals surface area (Å²) < 4.78 is 24.2. The molecule has 1 aliphatic rings. The van der Waals surface area contributed by atoms with Crippen LogP contribution in [0.4, 0.5) is 10.1 Å². The molecule has 0 bridgehead atoms. The van der Waals surface area contributed by atoms with Gasteiger partial charge in [-0.2, -0.15) is 0 Å². The van der Waals surface area contributed by atoms with Crippen molar-refractivity contribution in [1.82, 2.24) is 5.32 Å². The van der Waals surface area contributed by atoms with Crippen LogP contribution in [0.25, 0.3) is 0 Å². The molecule has 0 saturated carbocycles. The average Bonchev–Trinajstić information content (AvgIpc) is 2.46. The second kappa shape index (κ2) is 6.73. The Labute approximate surface area is 113 Å². The predicted molar refractivity (Wildman–Crippen MR) is 73.4 cm³/mol. The number of hydrogen-bond donors (Lipinski definition) is 1. The number of nitrogens with one attached hydrogen (secondary N) is 1. The summed E-state index contributed by atoms with van der Waals surface area (Å²) in [6, 6.07) is 4.56. The van der Waals surface area contributed by atoms with E-state index in [0.717, 1.165) is 38.3 Å². The number of rotatable bonds is 5. The SMILES string of the molecule is COc1ccc(F)cc1N(C)CCC1CNCCO1. The van der Waals surface area contributed by atoms with Crippen molar-refractivity contribution in [2.24, 2.45) is 0 Å². The summed E-state index contributed by atoms with van der Waals surface area (Å²) in [5, 5.41) is 3.30. The van der Waals surface area contributed by atoms with Gasteiger partial charge in [0.15, 0.2) is 0 Å². The van der Waals surface area contributed by atoms with Crippen LogP contribution in [0.3, 0.4) is 0 Å². The van der Waals surface area contributed by atoms with Gasteiger partial charge in [0.2, 0.25) is 0 Å². The normalized spacial score (nSPS) is 19.2. The summed E-state index contributed by atoms with van der Waals surface area (Å²) in [5.74, 6) is 0.435. The van der Waals surface area contributed by atoms with Crippen molar-refractivity contribution in [3.63, 3.8) is 0 Å². The Kier molecular flexibility index (Phi) is 4.99. The van der Waals surface area contributed by atoms with Crippen LogP contribution in [0, 0.1) is 5.82 Å². The molecule has 106 valence electrons. The predicted octanol–water partition coefficient (Wildman–Crippen LogP) is 1.65. The number of anilines is 1. The van der Waals surface area contributed by atoms with Gasteiger partial charge in [-0.15, -0.1) is 0 Å². The van der Waals surface area contributed by atoms with Gasteiger partial charge in [-0.05, 0) is 18.6 Å². The Morgan fingerprint density at radius 3 is 3.05 bits per heavy atom. The average molecular weight is 268 g/mol. The lowest BCUT2D eigenvalue weighted by molar-refractivity contribution is 0.0250. The Hall–Kier alpha value is -1.33. The molecule has 1 aliphatic heterocycles. The molecule has 0 amide bonds. The number of morpholine rings is 1. The first-order valence-electron chi connectivity index (χ1n) is 6.57. The van der Waals surface area contributed by atoms with Crippen molar-refractivity contribution in [3.05, 3.63) is 24.0 Å². The van der Waals surface area contributed by atoms with Gasteiger partial charge in [-0.3, -0.25) is 0 Å². The molecule has 0 aliphatic carbocycles. The van der Waals surface area contributed by atoms with E-state index >= 15 is 0 Å². The molecular weight excluding hydrogens is 247 g/mol. The fraction of sp³-hybridized carbons (Fsp3) is 0.571. The van der Waals surface area contributed by atoms with Gasteiger partial charge in [0.05, 0.1) is 25.5 Å². The quantitative estimate of drug-likeness (QED) is 0.880. The zero-order valence-corrected chi connectivity index (χ0v) is 11.5. The van der Waals surface area contributed by atoms with Crippen LogP contribution in [0.5, 0.6) is 5.75 Å². The van der Waals surface area contributed by atoms with E-state index < -0.39 is 0 Å². The number of halogens is 1. The molecule has 4 nitrogen and oxygen atoms in total. The second-order valence-electron chi connectivity index (χ2n) is 4.72. The molecule has 0 spiro atoms. The molecule has 5 heteroatoms. The Morgan fingerprint density at radius 1 is 1.53 bits per heavy atom. The van der Waals surface area contributed by atoms with Crippen molar-refractivity contribution in [2.75, 3.05) is 45.3 Å². The molecule has 1 fully saturated rings.